The predicted octanol–water partition coefficient (Wildman–Crippen LogP) is 1.93. The zero-order valence-corrected chi connectivity index (χ0v) is 12.0. The number of unbranched alkanes of at least 4 members (excludes halogenated alkanes) is 1. The smallest absolute Gasteiger partial charge is 0.191 e. The summed E-state index contributed by atoms with van der Waals surface area (Å²) in [5.41, 5.74) is 5.90. The van der Waals surface area contributed by atoms with Gasteiger partial charge in [0.05, 0.1) is 0 Å². The second-order valence-corrected chi connectivity index (χ2v) is 4.26. The highest BCUT2D eigenvalue weighted by molar-refractivity contribution is 5.77. The van der Waals surface area contributed by atoms with Gasteiger partial charge in [-0.3, -0.25) is 4.99 Å². The van der Waals surface area contributed by atoms with E-state index in [4.69, 9.17) is 5.73 Å². The maximum absolute atomic E-state index is 5.90. The van der Waals surface area contributed by atoms with E-state index in [2.05, 4.69) is 34.0 Å². The molecule has 106 valence electrons. The molecule has 5 heteroatoms. The maximum Gasteiger partial charge on any atom is 0.191 e. The molecule has 0 radical (unpaired) electrons. The standard InChI is InChI=1S/C14H25N5/c1-3-19(4-2)14(15)18-12-8-7-11-17-13-9-5-6-10-16-13/h5-6,9-10H,3-4,7-8,11-12H2,1-2H3,(H2,15,18)(H,16,17). The van der Waals surface area contributed by atoms with E-state index >= 15 is 0 Å². The minimum Gasteiger partial charge on any atom is -0.370 e. The van der Waals surface area contributed by atoms with Crippen molar-refractivity contribution in [3.8, 4) is 0 Å². The van der Waals surface area contributed by atoms with Crippen LogP contribution in [0, 0.1) is 0 Å². The number of nitrogens with one attached hydrogen (secondary N) is 1. The Kier molecular flexibility index (Phi) is 7.39. The lowest BCUT2D eigenvalue weighted by Crippen LogP contribution is -2.37. The largest absolute Gasteiger partial charge is 0.370 e. The molecule has 19 heavy (non-hydrogen) atoms. The molecule has 1 rings (SSSR count). The van der Waals surface area contributed by atoms with Crippen molar-refractivity contribution in [3.05, 3.63) is 24.4 Å². The normalized spacial score (nSPS) is 11.4. The summed E-state index contributed by atoms with van der Waals surface area (Å²) in [6.45, 7) is 7.69. The highest BCUT2D eigenvalue weighted by Gasteiger charge is 2.00. The molecule has 1 heterocycles. The van der Waals surface area contributed by atoms with E-state index in [-0.39, 0.29) is 0 Å². The first-order valence-corrected chi connectivity index (χ1v) is 6.97. The number of hydrogen-bond acceptors (Lipinski definition) is 3. The number of aromatic nitrogens is 1. The van der Waals surface area contributed by atoms with Crippen molar-refractivity contribution in [2.45, 2.75) is 26.7 Å². The number of anilines is 1. The Morgan fingerprint density at radius 3 is 2.74 bits per heavy atom. The Bertz CT molecular complexity index is 359. The Morgan fingerprint density at radius 2 is 2.11 bits per heavy atom. The van der Waals surface area contributed by atoms with Crippen LogP contribution < -0.4 is 11.1 Å². The number of rotatable bonds is 8. The molecule has 0 unspecified atom stereocenters. The van der Waals surface area contributed by atoms with Gasteiger partial charge < -0.3 is 16.0 Å². The van der Waals surface area contributed by atoms with Crippen molar-refractivity contribution in [3.63, 3.8) is 0 Å². The van der Waals surface area contributed by atoms with Crippen LogP contribution in [0.5, 0.6) is 0 Å². The molecule has 0 aliphatic heterocycles. The Balaban J connectivity index is 2.12. The van der Waals surface area contributed by atoms with E-state index in [0.717, 1.165) is 44.8 Å². The van der Waals surface area contributed by atoms with Gasteiger partial charge in [0.1, 0.15) is 5.82 Å². The fraction of sp³-hybridized carbons (Fsp3) is 0.571. The van der Waals surface area contributed by atoms with Crippen molar-refractivity contribution in [1.82, 2.24) is 9.88 Å². The van der Waals surface area contributed by atoms with Crippen molar-refractivity contribution in [2.24, 2.45) is 10.7 Å². The fourth-order valence-electron chi connectivity index (χ4n) is 1.76. The van der Waals surface area contributed by atoms with Crippen molar-refractivity contribution < 1.29 is 0 Å². The van der Waals surface area contributed by atoms with Gasteiger partial charge in [0, 0.05) is 32.4 Å². The highest BCUT2D eigenvalue weighted by Crippen LogP contribution is 2.00. The van der Waals surface area contributed by atoms with E-state index in [0.29, 0.717) is 5.96 Å². The predicted molar refractivity (Wildman–Crippen MR) is 81.4 cm³/mol. The average Bonchev–Trinajstić information content (AvgIpc) is 2.45. The summed E-state index contributed by atoms with van der Waals surface area (Å²) in [5, 5.41) is 3.28. The van der Waals surface area contributed by atoms with Crippen LogP contribution in [0.25, 0.3) is 0 Å². The third-order valence-electron chi connectivity index (χ3n) is 2.92. The summed E-state index contributed by atoms with van der Waals surface area (Å²) in [4.78, 5) is 10.7. The number of nitrogens with two attached hydrogens (primary N) is 1. The van der Waals surface area contributed by atoms with Gasteiger partial charge in [-0.2, -0.15) is 0 Å². The minimum atomic E-state index is 0.655. The maximum atomic E-state index is 5.90. The van der Waals surface area contributed by atoms with Crippen LogP contribution in [0.2, 0.25) is 0 Å². The molecule has 0 spiro atoms. The molecule has 0 saturated heterocycles. The third kappa shape index (κ3) is 6.08. The fourth-order valence-corrected chi connectivity index (χ4v) is 1.76. The van der Waals surface area contributed by atoms with E-state index < -0.39 is 0 Å². The van der Waals surface area contributed by atoms with Gasteiger partial charge in [0.15, 0.2) is 5.96 Å². The number of hydrogen-bond donors (Lipinski definition) is 2. The van der Waals surface area contributed by atoms with Crippen molar-refractivity contribution >= 4 is 11.8 Å². The minimum absolute atomic E-state index is 0.655. The molecule has 5 nitrogen and oxygen atoms in total. The van der Waals surface area contributed by atoms with E-state index in [1.165, 1.54) is 0 Å². The van der Waals surface area contributed by atoms with Gasteiger partial charge in [0.25, 0.3) is 0 Å². The average molecular weight is 263 g/mol. The Labute approximate surface area is 115 Å². The number of aliphatic imine (C=N–C) groups is 1. The summed E-state index contributed by atoms with van der Waals surface area (Å²) < 4.78 is 0. The number of nitrogens with zero attached hydrogens (tertiary/aromatic N) is 3. The molecular weight excluding hydrogens is 238 g/mol. The van der Waals surface area contributed by atoms with Gasteiger partial charge in [-0.15, -0.1) is 0 Å². The lowest BCUT2D eigenvalue weighted by Gasteiger charge is -2.19. The van der Waals surface area contributed by atoms with E-state index in [1.807, 2.05) is 18.2 Å². The summed E-state index contributed by atoms with van der Waals surface area (Å²) >= 11 is 0. The molecule has 1 aromatic heterocycles. The second kappa shape index (κ2) is 9.19. The molecule has 1 aromatic rings. The highest BCUT2D eigenvalue weighted by atomic mass is 15.2. The molecule has 0 aromatic carbocycles. The molecular formula is C14H25N5. The molecule has 0 atom stereocenters. The van der Waals surface area contributed by atoms with Crippen molar-refractivity contribution in [1.29, 1.82) is 0 Å². The summed E-state index contributed by atoms with van der Waals surface area (Å²) in [5.74, 6) is 1.58. The van der Waals surface area contributed by atoms with Crippen LogP contribution >= 0.6 is 0 Å². The first kappa shape index (κ1) is 15.3. The summed E-state index contributed by atoms with van der Waals surface area (Å²) in [6.07, 6.45) is 3.88. The SMILES string of the molecule is CCN(CC)C(N)=NCCCCNc1ccccn1. The van der Waals surface area contributed by atoms with Crippen LogP contribution in [0.3, 0.4) is 0 Å². The molecule has 0 saturated carbocycles. The van der Waals surface area contributed by atoms with Gasteiger partial charge in [-0.1, -0.05) is 6.07 Å². The van der Waals surface area contributed by atoms with Gasteiger partial charge in [0.2, 0.25) is 0 Å². The summed E-state index contributed by atoms with van der Waals surface area (Å²) in [7, 11) is 0. The second-order valence-electron chi connectivity index (χ2n) is 4.26. The molecule has 0 aliphatic rings. The number of guanidine groups is 1. The molecule has 0 bridgehead atoms. The van der Waals surface area contributed by atoms with Crippen LogP contribution in [0.4, 0.5) is 5.82 Å². The van der Waals surface area contributed by atoms with Crippen LogP contribution in [0.1, 0.15) is 26.7 Å². The Hall–Kier alpha value is -1.78. The van der Waals surface area contributed by atoms with E-state index in [9.17, 15) is 0 Å². The Morgan fingerprint density at radius 1 is 1.32 bits per heavy atom. The first-order valence-electron chi connectivity index (χ1n) is 6.97. The molecule has 0 amide bonds. The zero-order chi connectivity index (χ0) is 13.9. The summed E-state index contributed by atoms with van der Waals surface area (Å²) in [6, 6.07) is 5.86. The van der Waals surface area contributed by atoms with Crippen LogP contribution in [-0.4, -0.2) is 42.0 Å². The first-order chi connectivity index (χ1) is 9.27. The lowest BCUT2D eigenvalue weighted by molar-refractivity contribution is 0.458. The van der Waals surface area contributed by atoms with Crippen LogP contribution in [0.15, 0.2) is 29.4 Å². The van der Waals surface area contributed by atoms with Gasteiger partial charge in [-0.25, -0.2) is 4.98 Å². The topological polar surface area (TPSA) is 66.5 Å². The third-order valence-corrected chi connectivity index (χ3v) is 2.92. The molecule has 0 fully saturated rings. The quantitative estimate of drug-likeness (QED) is 0.427. The van der Waals surface area contributed by atoms with Gasteiger partial charge >= 0.3 is 0 Å². The van der Waals surface area contributed by atoms with Gasteiger partial charge in [-0.05, 0) is 38.8 Å². The van der Waals surface area contributed by atoms with Crippen molar-refractivity contribution in [2.75, 3.05) is 31.5 Å². The molecule has 0 aliphatic carbocycles. The lowest BCUT2D eigenvalue weighted by atomic mass is 10.3. The number of pyridine rings is 1. The van der Waals surface area contributed by atoms with E-state index in [1.54, 1.807) is 6.20 Å². The monoisotopic (exact) mass is 263 g/mol. The molecule has 3 N–H and O–H groups in total. The zero-order valence-electron chi connectivity index (χ0n) is 12.0. The van der Waals surface area contributed by atoms with Crippen LogP contribution in [-0.2, 0) is 0 Å².